The van der Waals surface area contributed by atoms with E-state index >= 15 is 0 Å². The first-order valence-electron chi connectivity index (χ1n) is 10.1. The summed E-state index contributed by atoms with van der Waals surface area (Å²) in [7, 11) is 0. The van der Waals surface area contributed by atoms with Gasteiger partial charge in [0.15, 0.2) is 0 Å². The number of carbonyl (C=O) groups excluding carboxylic acids is 1. The van der Waals surface area contributed by atoms with Crippen LogP contribution in [0.4, 0.5) is 0 Å². The lowest BCUT2D eigenvalue weighted by Gasteiger charge is -2.31. The molecule has 1 saturated carbocycles. The van der Waals surface area contributed by atoms with Crippen LogP contribution in [0.1, 0.15) is 36.9 Å². The van der Waals surface area contributed by atoms with Crippen molar-refractivity contribution < 1.29 is 4.79 Å². The lowest BCUT2D eigenvalue weighted by atomic mass is 9.88. The summed E-state index contributed by atoms with van der Waals surface area (Å²) in [5.74, 6) is -0.364. The summed E-state index contributed by atoms with van der Waals surface area (Å²) in [6.45, 7) is 0. The molecule has 0 radical (unpaired) electrons. The molecule has 2 aromatic heterocycles. The smallest absolute Gasteiger partial charge is 0.262 e. The van der Waals surface area contributed by atoms with E-state index in [2.05, 4.69) is 15.3 Å². The summed E-state index contributed by atoms with van der Waals surface area (Å²) in [6.07, 6.45) is 8.83. The second-order valence-corrected chi connectivity index (χ2v) is 7.47. The fraction of sp³-hybridized carbons (Fsp3) is 0.200. The lowest BCUT2D eigenvalue weighted by molar-refractivity contribution is -0.119. The van der Waals surface area contributed by atoms with E-state index in [1.54, 1.807) is 24.5 Å². The molecular weight excluding hydrogens is 372 g/mol. The van der Waals surface area contributed by atoms with Gasteiger partial charge in [0.1, 0.15) is 11.6 Å². The Morgan fingerprint density at radius 1 is 1.03 bits per heavy atom. The van der Waals surface area contributed by atoms with Crippen molar-refractivity contribution in [3.63, 3.8) is 0 Å². The standard InChI is InChI=1S/C25H22N4O/c26-17-20(16-22-11-6-12-23(28-22)19-8-7-15-27-18-19)24(30)29-25(13-4-5-14-25)21-9-2-1-3-10-21/h1-3,6-12,15-16,18H,4-5,13-14H2,(H,29,30). The van der Waals surface area contributed by atoms with Crippen molar-refractivity contribution in [3.05, 3.63) is 89.9 Å². The Kier molecular flexibility index (Phi) is 5.67. The van der Waals surface area contributed by atoms with E-state index in [1.807, 2.05) is 60.7 Å². The van der Waals surface area contributed by atoms with Crippen molar-refractivity contribution in [2.45, 2.75) is 31.2 Å². The van der Waals surface area contributed by atoms with E-state index < -0.39 is 5.54 Å². The zero-order chi connectivity index (χ0) is 20.8. The second kappa shape index (κ2) is 8.71. The van der Waals surface area contributed by atoms with Gasteiger partial charge in [-0.25, -0.2) is 4.98 Å². The van der Waals surface area contributed by atoms with Crippen LogP contribution in [0.15, 0.2) is 78.6 Å². The van der Waals surface area contributed by atoms with Crippen LogP contribution in [0.25, 0.3) is 17.3 Å². The zero-order valence-corrected chi connectivity index (χ0v) is 16.6. The zero-order valence-electron chi connectivity index (χ0n) is 16.6. The van der Waals surface area contributed by atoms with E-state index in [1.165, 1.54) is 0 Å². The molecule has 5 nitrogen and oxygen atoms in total. The van der Waals surface area contributed by atoms with Gasteiger partial charge >= 0.3 is 0 Å². The third kappa shape index (κ3) is 4.13. The monoisotopic (exact) mass is 394 g/mol. The first-order chi connectivity index (χ1) is 14.7. The minimum absolute atomic E-state index is 0.0491. The minimum Gasteiger partial charge on any atom is -0.342 e. The summed E-state index contributed by atoms with van der Waals surface area (Å²) >= 11 is 0. The van der Waals surface area contributed by atoms with E-state index in [-0.39, 0.29) is 11.5 Å². The first kappa shape index (κ1) is 19.5. The summed E-state index contributed by atoms with van der Waals surface area (Å²) in [5, 5.41) is 12.8. The number of amides is 1. The lowest BCUT2D eigenvalue weighted by Crippen LogP contribution is -2.44. The molecule has 2 heterocycles. The minimum atomic E-state index is -0.417. The number of nitrogens with zero attached hydrogens (tertiary/aromatic N) is 3. The molecule has 148 valence electrons. The van der Waals surface area contributed by atoms with Crippen LogP contribution in [0, 0.1) is 11.3 Å². The Morgan fingerprint density at radius 3 is 2.53 bits per heavy atom. The maximum absolute atomic E-state index is 13.0. The topological polar surface area (TPSA) is 78.7 Å². The van der Waals surface area contributed by atoms with E-state index in [0.717, 1.165) is 42.5 Å². The van der Waals surface area contributed by atoms with Gasteiger partial charge in [-0.2, -0.15) is 5.26 Å². The molecule has 4 rings (SSSR count). The number of hydrogen-bond acceptors (Lipinski definition) is 4. The molecule has 5 heteroatoms. The number of aromatic nitrogens is 2. The molecule has 0 aliphatic heterocycles. The molecule has 1 fully saturated rings. The van der Waals surface area contributed by atoms with Crippen molar-refractivity contribution in [1.29, 1.82) is 5.26 Å². The number of carbonyl (C=O) groups is 1. The first-order valence-corrected chi connectivity index (χ1v) is 10.1. The summed E-state index contributed by atoms with van der Waals surface area (Å²) in [5.41, 5.74) is 2.90. The van der Waals surface area contributed by atoms with Crippen molar-refractivity contribution in [1.82, 2.24) is 15.3 Å². The van der Waals surface area contributed by atoms with E-state index in [9.17, 15) is 10.1 Å². The Bertz CT molecular complexity index is 1090. The van der Waals surface area contributed by atoms with E-state index in [0.29, 0.717) is 5.69 Å². The van der Waals surface area contributed by atoms with Gasteiger partial charge in [0.25, 0.3) is 5.91 Å². The molecule has 1 aromatic carbocycles. The third-order valence-corrected chi connectivity index (χ3v) is 5.52. The van der Waals surface area contributed by atoms with Gasteiger partial charge in [-0.05, 0) is 48.7 Å². The molecule has 1 aliphatic rings. The average molecular weight is 394 g/mol. The van der Waals surface area contributed by atoms with Crippen molar-refractivity contribution in [2.75, 3.05) is 0 Å². The van der Waals surface area contributed by atoms with Gasteiger partial charge in [-0.1, -0.05) is 49.2 Å². The van der Waals surface area contributed by atoms with Crippen molar-refractivity contribution in [2.24, 2.45) is 0 Å². The van der Waals surface area contributed by atoms with Gasteiger partial charge in [-0.3, -0.25) is 9.78 Å². The van der Waals surface area contributed by atoms with Gasteiger partial charge in [0.05, 0.1) is 16.9 Å². The maximum atomic E-state index is 13.0. The van der Waals surface area contributed by atoms with Crippen LogP contribution >= 0.6 is 0 Å². The molecule has 0 unspecified atom stereocenters. The molecule has 0 bridgehead atoms. The fourth-order valence-electron chi connectivity index (χ4n) is 4.01. The fourth-order valence-corrected chi connectivity index (χ4v) is 4.01. The Hall–Kier alpha value is -3.78. The predicted octanol–water partition coefficient (Wildman–Crippen LogP) is 4.64. The summed E-state index contributed by atoms with van der Waals surface area (Å²) in [6, 6.07) is 21.4. The molecule has 3 aromatic rings. The van der Waals surface area contributed by atoms with Gasteiger partial charge in [-0.15, -0.1) is 0 Å². The number of nitriles is 1. The quantitative estimate of drug-likeness (QED) is 0.505. The van der Waals surface area contributed by atoms with Gasteiger partial charge < -0.3 is 5.32 Å². The van der Waals surface area contributed by atoms with Crippen molar-refractivity contribution in [3.8, 4) is 17.3 Å². The summed E-state index contributed by atoms with van der Waals surface area (Å²) < 4.78 is 0. The molecule has 0 atom stereocenters. The normalized spacial score (nSPS) is 15.4. The predicted molar refractivity (Wildman–Crippen MR) is 116 cm³/mol. The molecule has 30 heavy (non-hydrogen) atoms. The average Bonchev–Trinajstić information content (AvgIpc) is 3.28. The van der Waals surface area contributed by atoms with Crippen LogP contribution in [0.5, 0.6) is 0 Å². The SMILES string of the molecule is N#CC(=Cc1cccc(-c2cccnc2)n1)C(=O)NC1(c2ccccc2)CCCC1. The molecule has 1 amide bonds. The number of hydrogen-bond donors (Lipinski definition) is 1. The largest absolute Gasteiger partial charge is 0.342 e. The van der Waals surface area contributed by atoms with Crippen LogP contribution in [-0.2, 0) is 10.3 Å². The number of pyridine rings is 2. The van der Waals surface area contributed by atoms with Crippen LogP contribution in [0.3, 0.4) is 0 Å². The highest BCUT2D eigenvalue weighted by Gasteiger charge is 2.37. The van der Waals surface area contributed by atoms with Crippen molar-refractivity contribution >= 4 is 12.0 Å². The highest BCUT2D eigenvalue weighted by Crippen LogP contribution is 2.38. The third-order valence-electron chi connectivity index (χ3n) is 5.52. The Morgan fingerprint density at radius 2 is 1.83 bits per heavy atom. The number of benzene rings is 1. The number of rotatable bonds is 5. The highest BCUT2D eigenvalue weighted by atomic mass is 16.1. The number of nitrogens with one attached hydrogen (secondary N) is 1. The van der Waals surface area contributed by atoms with E-state index in [4.69, 9.17) is 0 Å². The summed E-state index contributed by atoms with van der Waals surface area (Å²) in [4.78, 5) is 21.7. The second-order valence-electron chi connectivity index (χ2n) is 7.47. The van der Waals surface area contributed by atoms with Gasteiger partial charge in [0.2, 0.25) is 0 Å². The molecule has 1 N–H and O–H groups in total. The molecular formula is C25H22N4O. The molecule has 0 saturated heterocycles. The van der Waals surface area contributed by atoms with Crippen LogP contribution in [-0.4, -0.2) is 15.9 Å². The molecule has 1 aliphatic carbocycles. The Balaban J connectivity index is 1.60. The van der Waals surface area contributed by atoms with Crippen LogP contribution < -0.4 is 5.32 Å². The maximum Gasteiger partial charge on any atom is 0.262 e. The van der Waals surface area contributed by atoms with Gasteiger partial charge in [0, 0.05) is 18.0 Å². The highest BCUT2D eigenvalue weighted by molar-refractivity contribution is 6.02. The Labute approximate surface area is 176 Å². The molecule has 0 spiro atoms. The van der Waals surface area contributed by atoms with Crippen LogP contribution in [0.2, 0.25) is 0 Å².